The Hall–Kier alpha value is -0.570. The Morgan fingerprint density at radius 3 is 1.88 bits per heavy atom. The average Bonchev–Trinajstić information content (AvgIpc) is 2.34. The molecule has 2 N–H and O–H groups in total. The normalized spacial score (nSPS) is 26.6. The van der Waals surface area contributed by atoms with E-state index in [1.54, 1.807) is 0 Å². The van der Waals surface area contributed by atoms with E-state index in [9.17, 15) is 9.90 Å². The Kier molecular flexibility index (Phi) is 8.06. The van der Waals surface area contributed by atoms with Gasteiger partial charge in [0, 0.05) is 6.54 Å². The number of aliphatic hydroxyl groups excluding tert-OH is 1. The molecule has 1 aliphatic heterocycles. The Balaban J connectivity index is 2.24. The summed E-state index contributed by atoms with van der Waals surface area (Å²) in [5.41, 5.74) is 0. The largest absolute Gasteiger partial charge is 0.383 e. The van der Waals surface area contributed by atoms with Crippen molar-refractivity contribution >= 4 is 5.91 Å². The number of aliphatic hydroxyl groups is 1. The van der Waals surface area contributed by atoms with Gasteiger partial charge < -0.3 is 10.4 Å². The number of hydrogen-bond acceptors (Lipinski definition) is 2. The molecule has 1 heterocycles. The first-order valence-electron chi connectivity index (χ1n) is 7.26. The van der Waals surface area contributed by atoms with Crippen LogP contribution in [0.25, 0.3) is 0 Å². The maximum Gasteiger partial charge on any atom is 0.248 e. The zero-order valence-corrected chi connectivity index (χ0v) is 10.9. The summed E-state index contributed by atoms with van der Waals surface area (Å²) in [5.74, 6) is -0.181. The Labute approximate surface area is 105 Å². The van der Waals surface area contributed by atoms with Crippen LogP contribution in [0.2, 0.25) is 0 Å². The smallest absolute Gasteiger partial charge is 0.248 e. The first-order chi connectivity index (χ1) is 8.30. The van der Waals surface area contributed by atoms with Gasteiger partial charge in [-0.05, 0) is 12.8 Å². The van der Waals surface area contributed by atoms with Crippen molar-refractivity contribution in [2.75, 3.05) is 6.54 Å². The summed E-state index contributed by atoms with van der Waals surface area (Å²) >= 11 is 0. The predicted octanol–water partition coefficient (Wildman–Crippen LogP) is 2.77. The molecule has 0 aromatic carbocycles. The lowest BCUT2D eigenvalue weighted by atomic mass is 10.0. The fourth-order valence-electron chi connectivity index (χ4n) is 2.34. The number of carbonyl (C=O) groups is 1. The molecule has 1 amide bonds. The third-order valence-electron chi connectivity index (χ3n) is 3.51. The third-order valence-corrected chi connectivity index (χ3v) is 3.51. The molecule has 3 heteroatoms. The molecule has 1 unspecified atom stereocenters. The second kappa shape index (κ2) is 9.46. The van der Waals surface area contributed by atoms with E-state index in [4.69, 9.17) is 0 Å². The number of amides is 1. The lowest BCUT2D eigenvalue weighted by Crippen LogP contribution is -2.35. The Bertz CT molecular complexity index is 206. The van der Waals surface area contributed by atoms with Crippen molar-refractivity contribution in [1.82, 2.24) is 5.32 Å². The molecule has 17 heavy (non-hydrogen) atoms. The van der Waals surface area contributed by atoms with E-state index in [0.29, 0.717) is 6.42 Å². The molecular formula is C14H27NO2. The van der Waals surface area contributed by atoms with Gasteiger partial charge in [0.25, 0.3) is 0 Å². The van der Waals surface area contributed by atoms with Gasteiger partial charge in [0.05, 0.1) is 0 Å². The van der Waals surface area contributed by atoms with Crippen LogP contribution >= 0.6 is 0 Å². The van der Waals surface area contributed by atoms with Gasteiger partial charge >= 0.3 is 0 Å². The summed E-state index contributed by atoms with van der Waals surface area (Å²) in [6, 6.07) is 0. The number of nitrogens with one attached hydrogen (secondary N) is 1. The van der Waals surface area contributed by atoms with Gasteiger partial charge in [0.2, 0.25) is 5.91 Å². The number of rotatable bonds is 0. The van der Waals surface area contributed by atoms with E-state index in [2.05, 4.69) is 5.32 Å². The number of hydrogen-bond donors (Lipinski definition) is 2. The standard InChI is InChI=1S/C14H27NO2/c16-13-11-9-7-5-3-1-2-4-6-8-10-12-15-14(13)17/h13,16H,1-12H2,(H,15,17). The van der Waals surface area contributed by atoms with E-state index >= 15 is 0 Å². The van der Waals surface area contributed by atoms with Crippen molar-refractivity contribution in [2.24, 2.45) is 0 Å². The molecule has 0 saturated carbocycles. The third kappa shape index (κ3) is 7.37. The lowest BCUT2D eigenvalue weighted by Gasteiger charge is -2.10. The van der Waals surface area contributed by atoms with E-state index in [-0.39, 0.29) is 5.91 Å². The zero-order valence-electron chi connectivity index (χ0n) is 10.9. The maximum atomic E-state index is 11.5. The average molecular weight is 241 g/mol. The first kappa shape index (κ1) is 14.5. The van der Waals surface area contributed by atoms with Gasteiger partial charge in [0.1, 0.15) is 6.10 Å². The molecule has 100 valence electrons. The second-order valence-corrected chi connectivity index (χ2v) is 5.13. The van der Waals surface area contributed by atoms with E-state index < -0.39 is 6.10 Å². The summed E-state index contributed by atoms with van der Waals surface area (Å²) < 4.78 is 0. The molecule has 0 radical (unpaired) electrons. The molecule has 0 spiro atoms. The first-order valence-corrected chi connectivity index (χ1v) is 7.26. The van der Waals surface area contributed by atoms with Crippen LogP contribution in [0.5, 0.6) is 0 Å². The fraction of sp³-hybridized carbons (Fsp3) is 0.929. The number of carbonyl (C=O) groups excluding carboxylic acids is 1. The molecular weight excluding hydrogens is 214 g/mol. The highest BCUT2D eigenvalue weighted by Crippen LogP contribution is 2.12. The fourth-order valence-corrected chi connectivity index (χ4v) is 2.34. The molecule has 1 rings (SSSR count). The summed E-state index contributed by atoms with van der Waals surface area (Å²) in [7, 11) is 0. The summed E-state index contributed by atoms with van der Waals surface area (Å²) in [6.07, 6.45) is 12.0. The predicted molar refractivity (Wildman–Crippen MR) is 69.8 cm³/mol. The van der Waals surface area contributed by atoms with Crippen LogP contribution in [0.3, 0.4) is 0 Å². The molecule has 1 saturated heterocycles. The maximum absolute atomic E-state index is 11.5. The van der Waals surface area contributed by atoms with E-state index in [1.807, 2.05) is 0 Å². The quantitative estimate of drug-likeness (QED) is 0.685. The van der Waals surface area contributed by atoms with Crippen LogP contribution in [0, 0.1) is 0 Å². The van der Waals surface area contributed by atoms with Crippen LogP contribution in [-0.2, 0) is 4.79 Å². The van der Waals surface area contributed by atoms with E-state index in [0.717, 1.165) is 25.8 Å². The molecule has 0 bridgehead atoms. The van der Waals surface area contributed by atoms with Crippen molar-refractivity contribution in [2.45, 2.75) is 76.7 Å². The molecule has 0 aromatic rings. The van der Waals surface area contributed by atoms with Crippen LogP contribution in [0.1, 0.15) is 70.6 Å². The van der Waals surface area contributed by atoms with Crippen LogP contribution in [-0.4, -0.2) is 23.7 Å². The van der Waals surface area contributed by atoms with Crippen molar-refractivity contribution in [1.29, 1.82) is 0 Å². The molecule has 1 aliphatic rings. The zero-order chi connectivity index (χ0) is 12.3. The van der Waals surface area contributed by atoms with Gasteiger partial charge in [-0.1, -0.05) is 57.8 Å². The molecule has 1 atom stereocenters. The molecule has 1 fully saturated rings. The summed E-state index contributed by atoms with van der Waals surface area (Å²) in [6.45, 7) is 0.718. The Morgan fingerprint density at radius 1 is 0.824 bits per heavy atom. The van der Waals surface area contributed by atoms with Crippen LogP contribution in [0.4, 0.5) is 0 Å². The van der Waals surface area contributed by atoms with Crippen molar-refractivity contribution in [3.05, 3.63) is 0 Å². The monoisotopic (exact) mass is 241 g/mol. The highest BCUT2D eigenvalue weighted by Gasteiger charge is 2.13. The van der Waals surface area contributed by atoms with Gasteiger partial charge in [-0.25, -0.2) is 0 Å². The SMILES string of the molecule is O=C1NCCCCCCCCCCCCC1O. The summed E-state index contributed by atoms with van der Waals surface area (Å²) in [4.78, 5) is 11.5. The second-order valence-electron chi connectivity index (χ2n) is 5.13. The van der Waals surface area contributed by atoms with Crippen molar-refractivity contribution in [3.63, 3.8) is 0 Å². The topological polar surface area (TPSA) is 49.3 Å². The van der Waals surface area contributed by atoms with Crippen LogP contribution < -0.4 is 5.32 Å². The Morgan fingerprint density at radius 2 is 1.29 bits per heavy atom. The molecule has 3 nitrogen and oxygen atoms in total. The lowest BCUT2D eigenvalue weighted by molar-refractivity contribution is -0.129. The molecule has 0 aromatic heterocycles. The highest BCUT2D eigenvalue weighted by molar-refractivity contribution is 5.80. The molecule has 0 aliphatic carbocycles. The van der Waals surface area contributed by atoms with Gasteiger partial charge in [0.15, 0.2) is 0 Å². The summed E-state index contributed by atoms with van der Waals surface area (Å²) in [5, 5.41) is 12.4. The van der Waals surface area contributed by atoms with Gasteiger partial charge in [-0.3, -0.25) is 4.79 Å². The minimum absolute atomic E-state index is 0.181. The van der Waals surface area contributed by atoms with Gasteiger partial charge in [-0.15, -0.1) is 0 Å². The van der Waals surface area contributed by atoms with Gasteiger partial charge in [-0.2, -0.15) is 0 Å². The van der Waals surface area contributed by atoms with Crippen molar-refractivity contribution < 1.29 is 9.90 Å². The minimum atomic E-state index is -0.792. The minimum Gasteiger partial charge on any atom is -0.383 e. The van der Waals surface area contributed by atoms with E-state index in [1.165, 1.54) is 44.9 Å². The highest BCUT2D eigenvalue weighted by atomic mass is 16.3. The van der Waals surface area contributed by atoms with Crippen LogP contribution in [0.15, 0.2) is 0 Å². The van der Waals surface area contributed by atoms with Crippen molar-refractivity contribution in [3.8, 4) is 0 Å².